The summed E-state index contributed by atoms with van der Waals surface area (Å²) in [7, 11) is 3.14. The van der Waals surface area contributed by atoms with E-state index in [1.807, 2.05) is 30.3 Å². The number of nitrogens with one attached hydrogen (secondary N) is 1. The molecule has 0 bridgehead atoms. The van der Waals surface area contributed by atoms with Gasteiger partial charge < -0.3 is 24.1 Å². The number of rotatable bonds is 9. The molecule has 1 N–H and O–H groups in total. The zero-order valence-corrected chi connectivity index (χ0v) is 19.1. The Morgan fingerprint density at radius 2 is 2.09 bits per heavy atom. The van der Waals surface area contributed by atoms with Gasteiger partial charge >= 0.3 is 0 Å². The maximum absolute atomic E-state index is 11.1. The number of nitrogens with zero attached hydrogens (tertiary/aromatic N) is 3. The average molecular weight is 469 g/mol. The highest BCUT2D eigenvalue weighted by Gasteiger charge is 2.41. The summed E-state index contributed by atoms with van der Waals surface area (Å²) in [4.78, 5) is 17.3. The number of nitro benzene ring substituents is 1. The van der Waals surface area contributed by atoms with Gasteiger partial charge in [0.05, 0.1) is 35.4 Å². The summed E-state index contributed by atoms with van der Waals surface area (Å²) in [6, 6.07) is 13.5. The van der Waals surface area contributed by atoms with Crippen LogP contribution in [0.4, 0.5) is 5.69 Å². The molecule has 1 saturated heterocycles. The number of methoxy groups -OCH3 is 2. The highest BCUT2D eigenvalue weighted by atomic mass is 32.1. The number of thiocarbonyl (C=S) groups is 1. The maximum atomic E-state index is 11.1. The number of aromatic nitrogens is 1. The van der Waals surface area contributed by atoms with Gasteiger partial charge in [-0.2, -0.15) is 0 Å². The number of pyridine rings is 1. The van der Waals surface area contributed by atoms with Crippen LogP contribution in [-0.2, 0) is 4.74 Å². The van der Waals surface area contributed by atoms with E-state index in [1.54, 1.807) is 19.4 Å². The number of furan rings is 1. The predicted octanol–water partition coefficient (Wildman–Crippen LogP) is 4.27. The molecule has 0 spiro atoms. The number of hydrogen-bond donors (Lipinski definition) is 1. The van der Waals surface area contributed by atoms with Gasteiger partial charge in [-0.3, -0.25) is 15.1 Å². The lowest BCUT2D eigenvalue weighted by atomic mass is 10.0. The largest absolute Gasteiger partial charge is 0.496 e. The minimum absolute atomic E-state index is 0.0488. The second kappa shape index (κ2) is 9.97. The van der Waals surface area contributed by atoms with Crippen molar-refractivity contribution in [3.63, 3.8) is 0 Å². The summed E-state index contributed by atoms with van der Waals surface area (Å²) < 4.78 is 16.9. The highest BCUT2D eigenvalue weighted by molar-refractivity contribution is 7.80. The Balaban J connectivity index is 1.70. The molecule has 0 unspecified atom stereocenters. The minimum Gasteiger partial charge on any atom is -0.496 e. The lowest BCUT2D eigenvalue weighted by Crippen LogP contribution is -2.31. The van der Waals surface area contributed by atoms with Gasteiger partial charge in [0, 0.05) is 32.5 Å². The Hall–Kier alpha value is -3.50. The normalized spacial score (nSPS) is 17.8. The standard InChI is InChI=1S/C23H24N4O5S/c1-30-13-5-12-26-22(21(25-23(26)33)17-6-3-4-11-24-17)19-10-9-18(32-19)16-8-7-15(27(28)29)14-20(16)31-2/h3-4,6-11,14,21-22H,5,12-13H2,1-2H3,(H,25,33)/t21-,22-/m1/s1. The molecule has 3 aromatic rings. The molecule has 2 aromatic heterocycles. The fourth-order valence-electron chi connectivity index (χ4n) is 3.99. The summed E-state index contributed by atoms with van der Waals surface area (Å²) in [6.07, 6.45) is 2.55. The van der Waals surface area contributed by atoms with Crippen LogP contribution < -0.4 is 10.1 Å². The lowest BCUT2D eigenvalue weighted by molar-refractivity contribution is -0.384. The molecule has 10 heteroatoms. The minimum atomic E-state index is -0.458. The van der Waals surface area contributed by atoms with Crippen LogP contribution in [0.15, 0.2) is 59.1 Å². The summed E-state index contributed by atoms with van der Waals surface area (Å²) in [5.41, 5.74) is 1.43. The summed E-state index contributed by atoms with van der Waals surface area (Å²) in [5, 5.41) is 15.1. The second-order valence-electron chi connectivity index (χ2n) is 7.51. The van der Waals surface area contributed by atoms with E-state index in [0.717, 1.165) is 12.1 Å². The van der Waals surface area contributed by atoms with Gasteiger partial charge in [0.1, 0.15) is 23.3 Å². The Labute approximate surface area is 196 Å². The van der Waals surface area contributed by atoms with Crippen molar-refractivity contribution in [3.05, 3.63) is 76.3 Å². The molecular weight excluding hydrogens is 444 g/mol. The van der Waals surface area contributed by atoms with Crippen molar-refractivity contribution < 1.29 is 18.8 Å². The summed E-state index contributed by atoms with van der Waals surface area (Å²) in [5.74, 6) is 1.61. The Bertz CT molecular complexity index is 1140. The third kappa shape index (κ3) is 4.67. The van der Waals surface area contributed by atoms with E-state index in [9.17, 15) is 10.1 Å². The summed E-state index contributed by atoms with van der Waals surface area (Å²) in [6.45, 7) is 1.30. The van der Waals surface area contributed by atoms with E-state index in [0.29, 0.717) is 41.1 Å². The van der Waals surface area contributed by atoms with E-state index in [-0.39, 0.29) is 17.8 Å². The van der Waals surface area contributed by atoms with E-state index in [2.05, 4.69) is 15.2 Å². The van der Waals surface area contributed by atoms with Crippen LogP contribution in [0.3, 0.4) is 0 Å². The molecule has 3 heterocycles. The van der Waals surface area contributed by atoms with Crippen molar-refractivity contribution in [1.29, 1.82) is 0 Å². The smallest absolute Gasteiger partial charge is 0.273 e. The highest BCUT2D eigenvalue weighted by Crippen LogP contribution is 2.42. The fourth-order valence-corrected chi connectivity index (χ4v) is 4.32. The molecule has 0 saturated carbocycles. The monoisotopic (exact) mass is 468 g/mol. The number of benzene rings is 1. The molecule has 1 aliphatic heterocycles. The molecule has 172 valence electrons. The molecule has 0 aliphatic carbocycles. The molecule has 1 aliphatic rings. The van der Waals surface area contributed by atoms with E-state index < -0.39 is 4.92 Å². The Morgan fingerprint density at radius 1 is 1.24 bits per heavy atom. The molecular formula is C23H24N4O5S. The number of non-ortho nitro benzene ring substituents is 1. The van der Waals surface area contributed by atoms with Crippen molar-refractivity contribution >= 4 is 23.0 Å². The quantitative estimate of drug-likeness (QED) is 0.213. The van der Waals surface area contributed by atoms with Crippen LogP contribution in [0, 0.1) is 10.1 Å². The molecule has 4 rings (SSSR count). The first-order valence-electron chi connectivity index (χ1n) is 10.4. The van der Waals surface area contributed by atoms with E-state index in [1.165, 1.54) is 19.2 Å². The Kier molecular flexibility index (Phi) is 6.85. The molecule has 0 amide bonds. The lowest BCUT2D eigenvalue weighted by Gasteiger charge is -2.26. The van der Waals surface area contributed by atoms with Gasteiger partial charge in [0.2, 0.25) is 0 Å². The molecule has 1 aromatic carbocycles. The second-order valence-corrected chi connectivity index (χ2v) is 7.90. The van der Waals surface area contributed by atoms with Gasteiger partial charge in [-0.25, -0.2) is 0 Å². The first kappa shape index (κ1) is 22.7. The van der Waals surface area contributed by atoms with Crippen LogP contribution in [0.1, 0.15) is 30.0 Å². The first-order chi connectivity index (χ1) is 16.0. The third-order valence-electron chi connectivity index (χ3n) is 5.52. The van der Waals surface area contributed by atoms with Gasteiger partial charge in [-0.05, 0) is 49.0 Å². The average Bonchev–Trinajstić information content (AvgIpc) is 3.44. The first-order valence-corrected chi connectivity index (χ1v) is 10.8. The maximum Gasteiger partial charge on any atom is 0.273 e. The summed E-state index contributed by atoms with van der Waals surface area (Å²) >= 11 is 5.64. The van der Waals surface area contributed by atoms with Crippen LogP contribution >= 0.6 is 12.2 Å². The fraction of sp³-hybridized carbons (Fsp3) is 0.304. The molecule has 9 nitrogen and oxygen atoms in total. The number of nitro groups is 1. The van der Waals surface area contributed by atoms with Gasteiger partial charge in [0.25, 0.3) is 5.69 Å². The zero-order valence-electron chi connectivity index (χ0n) is 18.3. The molecule has 2 atom stereocenters. The van der Waals surface area contributed by atoms with Gasteiger partial charge in [-0.1, -0.05) is 6.07 Å². The number of ether oxygens (including phenoxy) is 2. The van der Waals surface area contributed by atoms with E-state index in [4.69, 9.17) is 26.1 Å². The molecule has 33 heavy (non-hydrogen) atoms. The predicted molar refractivity (Wildman–Crippen MR) is 126 cm³/mol. The van der Waals surface area contributed by atoms with Gasteiger partial charge in [-0.15, -0.1) is 0 Å². The zero-order chi connectivity index (χ0) is 23.4. The SMILES string of the molecule is COCCCN1C(=S)N[C@H](c2ccccn2)[C@H]1c1ccc(-c2ccc([N+](=O)[O-])cc2OC)o1. The van der Waals surface area contributed by atoms with Crippen LogP contribution in [0.5, 0.6) is 5.75 Å². The van der Waals surface area contributed by atoms with Crippen molar-refractivity contribution in [2.45, 2.75) is 18.5 Å². The van der Waals surface area contributed by atoms with Gasteiger partial charge in [0.15, 0.2) is 5.11 Å². The third-order valence-corrected chi connectivity index (χ3v) is 5.88. The van der Waals surface area contributed by atoms with Crippen molar-refractivity contribution in [1.82, 2.24) is 15.2 Å². The Morgan fingerprint density at radius 3 is 2.79 bits per heavy atom. The number of hydrogen-bond acceptors (Lipinski definition) is 7. The van der Waals surface area contributed by atoms with Crippen molar-refractivity contribution in [3.8, 4) is 17.1 Å². The van der Waals surface area contributed by atoms with Crippen molar-refractivity contribution in [2.75, 3.05) is 27.4 Å². The van der Waals surface area contributed by atoms with E-state index >= 15 is 0 Å². The van der Waals surface area contributed by atoms with Crippen molar-refractivity contribution in [2.24, 2.45) is 0 Å². The topological polar surface area (TPSA) is 103 Å². The van der Waals surface area contributed by atoms with Crippen LogP contribution in [0.25, 0.3) is 11.3 Å². The van der Waals surface area contributed by atoms with Crippen LogP contribution in [0.2, 0.25) is 0 Å². The molecule has 1 fully saturated rings. The molecule has 0 radical (unpaired) electrons. The van der Waals surface area contributed by atoms with Crippen LogP contribution in [-0.4, -0.2) is 47.3 Å².